The van der Waals surface area contributed by atoms with Gasteiger partial charge in [-0.1, -0.05) is 35.6 Å². The number of rotatable bonds is 8. The first-order valence-corrected chi connectivity index (χ1v) is 16.7. The lowest BCUT2D eigenvalue weighted by molar-refractivity contribution is -0.125. The smallest absolute Gasteiger partial charge is 0.253 e. The molecule has 3 fully saturated rings. The van der Waals surface area contributed by atoms with Gasteiger partial charge in [0.25, 0.3) is 5.91 Å². The number of nitrogens with one attached hydrogen (secondary N) is 1. The molecule has 234 valence electrons. The number of piperazine rings is 1. The van der Waals surface area contributed by atoms with Crippen molar-refractivity contribution in [2.24, 2.45) is 5.92 Å². The summed E-state index contributed by atoms with van der Waals surface area (Å²) in [6.07, 6.45) is 7.32. The zero-order chi connectivity index (χ0) is 30.9. The number of ether oxygens (including phenoxy) is 1. The zero-order valence-electron chi connectivity index (χ0n) is 25.3. The van der Waals surface area contributed by atoms with Crippen molar-refractivity contribution in [3.63, 3.8) is 0 Å². The molecule has 2 aromatic heterocycles. The molecular formula is C34H38N6O4S. The molecule has 0 spiro atoms. The van der Waals surface area contributed by atoms with Crippen LogP contribution in [0.15, 0.2) is 60.9 Å². The van der Waals surface area contributed by atoms with E-state index in [0.29, 0.717) is 30.1 Å². The van der Waals surface area contributed by atoms with Gasteiger partial charge in [-0.15, -0.1) is 0 Å². The molecule has 10 nitrogen and oxygen atoms in total. The van der Waals surface area contributed by atoms with Crippen LogP contribution in [0.1, 0.15) is 55.2 Å². The summed E-state index contributed by atoms with van der Waals surface area (Å²) in [5.41, 5.74) is 3.43. The summed E-state index contributed by atoms with van der Waals surface area (Å²) in [4.78, 5) is 44.0. The third-order valence-electron chi connectivity index (χ3n) is 9.44. The van der Waals surface area contributed by atoms with Crippen LogP contribution in [-0.4, -0.2) is 85.6 Å². The molecule has 3 atom stereocenters. The number of thiazole rings is 1. The van der Waals surface area contributed by atoms with E-state index in [1.165, 1.54) is 11.3 Å². The summed E-state index contributed by atoms with van der Waals surface area (Å²) in [5, 5.41) is 13.6. The third-order valence-corrected chi connectivity index (χ3v) is 10.4. The van der Waals surface area contributed by atoms with E-state index in [0.717, 1.165) is 65.6 Å². The number of anilines is 1. The van der Waals surface area contributed by atoms with Crippen LogP contribution in [0, 0.1) is 5.92 Å². The molecule has 0 bridgehead atoms. The largest absolute Gasteiger partial charge is 0.390 e. The van der Waals surface area contributed by atoms with Crippen molar-refractivity contribution in [2.45, 2.75) is 69.9 Å². The molecule has 0 radical (unpaired) electrons. The predicted octanol–water partition coefficient (Wildman–Crippen LogP) is 4.75. The van der Waals surface area contributed by atoms with Crippen LogP contribution in [0.25, 0.3) is 21.3 Å². The average molecular weight is 627 g/mol. The molecule has 7 rings (SSSR count). The van der Waals surface area contributed by atoms with E-state index in [-0.39, 0.29) is 36.5 Å². The second kappa shape index (κ2) is 12.9. The number of amides is 2. The van der Waals surface area contributed by atoms with Gasteiger partial charge in [0.2, 0.25) is 5.91 Å². The molecular weight excluding hydrogens is 588 g/mol. The average Bonchev–Trinajstić information content (AvgIpc) is 3.64. The summed E-state index contributed by atoms with van der Waals surface area (Å²) in [6, 6.07) is 16.1. The summed E-state index contributed by atoms with van der Waals surface area (Å²) in [5.74, 6) is 0.664. The maximum atomic E-state index is 13.1. The number of benzene rings is 2. The van der Waals surface area contributed by atoms with Crippen molar-refractivity contribution in [1.29, 1.82) is 0 Å². The Hall–Kier alpha value is -3.77. The highest BCUT2D eigenvalue weighted by Crippen LogP contribution is 2.36. The van der Waals surface area contributed by atoms with Crippen molar-refractivity contribution in [3.05, 3.63) is 72.3 Å². The molecule has 3 heterocycles. The summed E-state index contributed by atoms with van der Waals surface area (Å²) in [6.45, 7) is 4.68. The van der Waals surface area contributed by atoms with E-state index in [1.54, 1.807) is 12.4 Å². The molecule has 2 saturated carbocycles. The lowest BCUT2D eigenvalue weighted by Crippen LogP contribution is -2.60. The fourth-order valence-electron chi connectivity index (χ4n) is 6.76. The van der Waals surface area contributed by atoms with Crippen LogP contribution in [0.4, 0.5) is 5.13 Å². The Morgan fingerprint density at radius 2 is 1.84 bits per heavy atom. The number of fused-ring (bicyclic) bond motifs is 1. The lowest BCUT2D eigenvalue weighted by Gasteiger charge is -2.49. The molecule has 2 amide bonds. The number of carbonyl (C=O) groups excluding carboxylic acids is 2. The SMILES string of the molecule is C[C@H]1CN(C(=O)c2ccccc2)CCN1C1CC(C(=O)Nc2nc3ccc(-c4cnc(CO[C@H]5CCC[C@@H]5O)nc4)cc3s2)C1. The Kier molecular flexibility index (Phi) is 8.59. The van der Waals surface area contributed by atoms with Crippen LogP contribution in [-0.2, 0) is 16.1 Å². The van der Waals surface area contributed by atoms with Gasteiger partial charge in [0.1, 0.15) is 6.61 Å². The van der Waals surface area contributed by atoms with Crippen molar-refractivity contribution >= 4 is 38.5 Å². The molecule has 45 heavy (non-hydrogen) atoms. The Bertz CT molecular complexity index is 1660. The first-order chi connectivity index (χ1) is 21.9. The fourth-order valence-corrected chi connectivity index (χ4v) is 7.67. The molecule has 11 heteroatoms. The highest BCUT2D eigenvalue weighted by molar-refractivity contribution is 7.22. The lowest BCUT2D eigenvalue weighted by atomic mass is 9.78. The Labute approximate surface area is 266 Å². The van der Waals surface area contributed by atoms with Crippen molar-refractivity contribution < 1.29 is 19.4 Å². The Balaban J connectivity index is 0.904. The number of hydrogen-bond donors (Lipinski definition) is 2. The van der Waals surface area contributed by atoms with Gasteiger partial charge in [-0.3, -0.25) is 14.5 Å². The number of aromatic nitrogens is 3. The fraction of sp³-hybridized carbons (Fsp3) is 0.441. The minimum absolute atomic E-state index is 0.0207. The summed E-state index contributed by atoms with van der Waals surface area (Å²) < 4.78 is 6.78. The van der Waals surface area contributed by atoms with Crippen molar-refractivity contribution in [2.75, 3.05) is 25.0 Å². The maximum Gasteiger partial charge on any atom is 0.253 e. The van der Waals surface area contributed by atoms with Crippen LogP contribution < -0.4 is 5.32 Å². The first kappa shape index (κ1) is 29.9. The van der Waals surface area contributed by atoms with E-state index < -0.39 is 6.10 Å². The van der Waals surface area contributed by atoms with Gasteiger partial charge in [0.15, 0.2) is 11.0 Å². The van der Waals surface area contributed by atoms with E-state index >= 15 is 0 Å². The maximum absolute atomic E-state index is 13.1. The number of aliphatic hydroxyl groups excluding tert-OH is 1. The Morgan fingerprint density at radius 3 is 2.58 bits per heavy atom. The zero-order valence-corrected chi connectivity index (χ0v) is 26.2. The van der Waals surface area contributed by atoms with Crippen molar-refractivity contribution in [1.82, 2.24) is 24.8 Å². The van der Waals surface area contributed by atoms with E-state index in [4.69, 9.17) is 4.74 Å². The van der Waals surface area contributed by atoms with Crippen LogP contribution >= 0.6 is 11.3 Å². The highest BCUT2D eigenvalue weighted by Gasteiger charge is 2.41. The van der Waals surface area contributed by atoms with Gasteiger partial charge in [-0.2, -0.15) is 0 Å². The number of nitrogens with zero attached hydrogens (tertiary/aromatic N) is 5. The Morgan fingerprint density at radius 1 is 1.04 bits per heavy atom. The number of aliphatic hydroxyl groups is 1. The second-order valence-electron chi connectivity index (χ2n) is 12.5. The minimum Gasteiger partial charge on any atom is -0.390 e. The normalized spacial score (nSPS) is 25.3. The van der Waals surface area contributed by atoms with Crippen LogP contribution in [0.2, 0.25) is 0 Å². The van der Waals surface area contributed by atoms with Gasteiger partial charge in [0.05, 0.1) is 22.4 Å². The van der Waals surface area contributed by atoms with Crippen molar-refractivity contribution in [3.8, 4) is 11.1 Å². The number of hydrogen-bond acceptors (Lipinski definition) is 9. The third kappa shape index (κ3) is 6.48. The monoisotopic (exact) mass is 626 g/mol. The molecule has 2 N–H and O–H groups in total. The predicted molar refractivity (Wildman–Crippen MR) is 173 cm³/mol. The molecule has 1 aliphatic heterocycles. The standard InChI is InChI=1S/C34H38N6O4S/c1-21-19-39(33(43)22-6-3-2-4-7-22)12-13-40(21)26-14-24(15-26)32(42)38-34-37-27-11-10-23(16-30(27)45-34)25-17-35-31(36-18-25)20-44-29-9-5-8-28(29)41/h2-4,6-7,10-11,16-18,21,24,26,28-29,41H,5,8-9,12-15,19-20H2,1H3,(H,37,38,42)/t21-,24?,26?,28-,29-/m0/s1. The number of carbonyl (C=O) groups is 2. The molecule has 1 saturated heterocycles. The van der Waals surface area contributed by atoms with Gasteiger partial charge in [-0.05, 0) is 68.9 Å². The minimum atomic E-state index is -0.398. The van der Waals surface area contributed by atoms with Crippen LogP contribution in [0.5, 0.6) is 0 Å². The van der Waals surface area contributed by atoms with Gasteiger partial charge in [-0.25, -0.2) is 15.0 Å². The summed E-state index contributed by atoms with van der Waals surface area (Å²) >= 11 is 1.47. The van der Waals surface area contributed by atoms with E-state index in [9.17, 15) is 14.7 Å². The van der Waals surface area contributed by atoms with Crippen LogP contribution in [0.3, 0.4) is 0 Å². The van der Waals surface area contributed by atoms with Gasteiger partial charge >= 0.3 is 0 Å². The van der Waals surface area contributed by atoms with Gasteiger partial charge < -0.3 is 20.1 Å². The van der Waals surface area contributed by atoms with E-state index in [1.807, 2.05) is 47.4 Å². The molecule has 3 aliphatic rings. The molecule has 0 unspecified atom stereocenters. The highest BCUT2D eigenvalue weighted by atomic mass is 32.1. The molecule has 4 aromatic rings. The van der Waals surface area contributed by atoms with E-state index in [2.05, 4.69) is 38.2 Å². The molecule has 2 aromatic carbocycles. The quantitative estimate of drug-likeness (QED) is 0.288. The van der Waals surface area contributed by atoms with Gasteiger partial charge in [0, 0.05) is 61.2 Å². The molecule has 2 aliphatic carbocycles. The summed E-state index contributed by atoms with van der Waals surface area (Å²) in [7, 11) is 0. The second-order valence-corrected chi connectivity index (χ2v) is 13.5. The topological polar surface area (TPSA) is 121 Å². The first-order valence-electron chi connectivity index (χ1n) is 15.8.